The van der Waals surface area contributed by atoms with Crippen LogP contribution in [0.5, 0.6) is 0 Å². The fraction of sp³-hybridized carbons (Fsp3) is 0.500. The first-order valence-corrected chi connectivity index (χ1v) is 6.22. The van der Waals surface area contributed by atoms with Crippen molar-refractivity contribution in [1.29, 1.82) is 5.26 Å². The molecule has 1 aromatic carbocycles. The van der Waals surface area contributed by atoms with E-state index >= 15 is 0 Å². The Morgan fingerprint density at radius 2 is 2.29 bits per heavy atom. The van der Waals surface area contributed by atoms with Crippen molar-refractivity contribution >= 4 is 5.69 Å². The molecule has 0 aromatic heterocycles. The Balaban J connectivity index is 2.16. The topological polar surface area (TPSA) is 61.8 Å². The first-order valence-electron chi connectivity index (χ1n) is 6.22. The van der Waals surface area contributed by atoms with Gasteiger partial charge in [-0.25, -0.2) is 0 Å². The SMILES string of the molecule is Cc1ccc(NC2CCCC2CN)c(C#N)c1. The lowest BCUT2D eigenvalue weighted by Crippen LogP contribution is -2.29. The van der Waals surface area contributed by atoms with E-state index in [4.69, 9.17) is 11.0 Å². The van der Waals surface area contributed by atoms with E-state index in [1.807, 2.05) is 25.1 Å². The second-order valence-corrected chi connectivity index (χ2v) is 4.84. The van der Waals surface area contributed by atoms with Gasteiger partial charge in [0.25, 0.3) is 0 Å². The number of nitriles is 1. The third kappa shape index (κ3) is 2.59. The molecule has 3 nitrogen and oxygen atoms in total. The summed E-state index contributed by atoms with van der Waals surface area (Å²) >= 11 is 0. The molecule has 2 unspecified atom stereocenters. The minimum absolute atomic E-state index is 0.426. The molecule has 1 aliphatic rings. The second-order valence-electron chi connectivity index (χ2n) is 4.84. The molecule has 3 heteroatoms. The van der Waals surface area contributed by atoms with Gasteiger partial charge in [0.1, 0.15) is 6.07 Å². The molecule has 1 fully saturated rings. The zero-order valence-corrected chi connectivity index (χ0v) is 10.2. The molecular formula is C14H19N3. The predicted molar refractivity (Wildman–Crippen MR) is 69.7 cm³/mol. The maximum atomic E-state index is 9.13. The van der Waals surface area contributed by atoms with Crippen molar-refractivity contribution in [2.24, 2.45) is 11.7 Å². The Morgan fingerprint density at radius 3 is 3.00 bits per heavy atom. The largest absolute Gasteiger partial charge is 0.381 e. The number of hydrogen-bond donors (Lipinski definition) is 2. The Morgan fingerprint density at radius 1 is 1.47 bits per heavy atom. The predicted octanol–water partition coefficient (Wildman–Crippen LogP) is 2.41. The maximum Gasteiger partial charge on any atom is 0.101 e. The Labute approximate surface area is 103 Å². The normalized spacial score (nSPS) is 23.4. The molecule has 0 saturated heterocycles. The number of nitrogens with one attached hydrogen (secondary N) is 1. The minimum Gasteiger partial charge on any atom is -0.381 e. The first kappa shape index (κ1) is 11.9. The summed E-state index contributed by atoms with van der Waals surface area (Å²) in [6.07, 6.45) is 3.58. The smallest absolute Gasteiger partial charge is 0.101 e. The van der Waals surface area contributed by atoms with Crippen LogP contribution in [0.4, 0.5) is 5.69 Å². The van der Waals surface area contributed by atoms with E-state index in [1.54, 1.807) is 0 Å². The lowest BCUT2D eigenvalue weighted by Gasteiger charge is -2.21. The van der Waals surface area contributed by atoms with Crippen LogP contribution in [-0.2, 0) is 0 Å². The summed E-state index contributed by atoms with van der Waals surface area (Å²) in [4.78, 5) is 0. The van der Waals surface area contributed by atoms with Crippen molar-refractivity contribution in [3.63, 3.8) is 0 Å². The summed E-state index contributed by atoms with van der Waals surface area (Å²) in [7, 11) is 0. The highest BCUT2D eigenvalue weighted by atomic mass is 14.9. The average Bonchev–Trinajstić information content (AvgIpc) is 2.78. The van der Waals surface area contributed by atoms with Gasteiger partial charge in [-0.2, -0.15) is 5.26 Å². The van der Waals surface area contributed by atoms with Gasteiger partial charge in [0.15, 0.2) is 0 Å². The number of benzene rings is 1. The molecule has 90 valence electrons. The van der Waals surface area contributed by atoms with Crippen LogP contribution in [0.2, 0.25) is 0 Å². The van der Waals surface area contributed by atoms with Crippen molar-refractivity contribution in [2.75, 3.05) is 11.9 Å². The van der Waals surface area contributed by atoms with Gasteiger partial charge in [-0.05, 0) is 49.9 Å². The minimum atomic E-state index is 0.426. The van der Waals surface area contributed by atoms with Crippen LogP contribution < -0.4 is 11.1 Å². The van der Waals surface area contributed by atoms with Crippen molar-refractivity contribution in [3.05, 3.63) is 29.3 Å². The Bertz CT molecular complexity index is 434. The molecule has 0 aliphatic heterocycles. The lowest BCUT2D eigenvalue weighted by molar-refractivity contribution is 0.516. The van der Waals surface area contributed by atoms with Crippen LogP contribution >= 0.6 is 0 Å². The van der Waals surface area contributed by atoms with Gasteiger partial charge in [-0.15, -0.1) is 0 Å². The van der Waals surface area contributed by atoms with E-state index < -0.39 is 0 Å². The van der Waals surface area contributed by atoms with Gasteiger partial charge in [0.2, 0.25) is 0 Å². The summed E-state index contributed by atoms with van der Waals surface area (Å²) in [6.45, 7) is 2.73. The van der Waals surface area contributed by atoms with E-state index in [2.05, 4.69) is 11.4 Å². The molecule has 17 heavy (non-hydrogen) atoms. The molecule has 0 amide bonds. The van der Waals surface area contributed by atoms with E-state index in [1.165, 1.54) is 12.8 Å². The van der Waals surface area contributed by atoms with Crippen LogP contribution in [0.1, 0.15) is 30.4 Å². The molecule has 0 heterocycles. The van der Waals surface area contributed by atoms with Crippen molar-refractivity contribution in [3.8, 4) is 6.07 Å². The molecule has 0 bridgehead atoms. The van der Waals surface area contributed by atoms with Crippen molar-refractivity contribution in [2.45, 2.75) is 32.2 Å². The van der Waals surface area contributed by atoms with Crippen LogP contribution in [0.25, 0.3) is 0 Å². The third-order valence-corrected chi connectivity index (χ3v) is 3.60. The van der Waals surface area contributed by atoms with Gasteiger partial charge in [-0.3, -0.25) is 0 Å². The summed E-state index contributed by atoms with van der Waals surface area (Å²) < 4.78 is 0. The lowest BCUT2D eigenvalue weighted by atomic mass is 10.0. The van der Waals surface area contributed by atoms with Crippen molar-refractivity contribution < 1.29 is 0 Å². The van der Waals surface area contributed by atoms with E-state index in [-0.39, 0.29) is 0 Å². The van der Waals surface area contributed by atoms with E-state index in [0.717, 1.165) is 29.8 Å². The molecule has 2 rings (SSSR count). The van der Waals surface area contributed by atoms with Crippen LogP contribution in [-0.4, -0.2) is 12.6 Å². The molecule has 1 aromatic rings. The molecule has 0 spiro atoms. The summed E-state index contributed by atoms with van der Waals surface area (Å²) in [5.74, 6) is 0.544. The fourth-order valence-corrected chi connectivity index (χ4v) is 2.59. The highest BCUT2D eigenvalue weighted by Gasteiger charge is 2.26. The summed E-state index contributed by atoms with van der Waals surface area (Å²) in [5, 5.41) is 12.6. The average molecular weight is 229 g/mol. The van der Waals surface area contributed by atoms with Crippen LogP contribution in [0.15, 0.2) is 18.2 Å². The molecular weight excluding hydrogens is 210 g/mol. The molecule has 3 N–H and O–H groups in total. The van der Waals surface area contributed by atoms with Gasteiger partial charge >= 0.3 is 0 Å². The standard InChI is InChI=1S/C14H19N3/c1-10-5-6-14(12(7-10)9-16)17-13-4-2-3-11(13)8-15/h5-7,11,13,17H,2-4,8,15H2,1H3. The quantitative estimate of drug-likeness (QED) is 0.836. The molecule has 1 aliphatic carbocycles. The van der Waals surface area contributed by atoms with E-state index in [9.17, 15) is 0 Å². The molecule has 2 atom stereocenters. The van der Waals surface area contributed by atoms with Gasteiger partial charge in [0, 0.05) is 6.04 Å². The number of anilines is 1. The number of aryl methyl sites for hydroxylation is 1. The van der Waals surface area contributed by atoms with E-state index in [0.29, 0.717) is 12.0 Å². The number of hydrogen-bond acceptors (Lipinski definition) is 3. The maximum absolute atomic E-state index is 9.13. The van der Waals surface area contributed by atoms with Crippen LogP contribution in [0.3, 0.4) is 0 Å². The Hall–Kier alpha value is -1.53. The first-order chi connectivity index (χ1) is 8.24. The zero-order valence-electron chi connectivity index (χ0n) is 10.2. The number of rotatable bonds is 3. The zero-order chi connectivity index (χ0) is 12.3. The second kappa shape index (κ2) is 5.20. The fourth-order valence-electron chi connectivity index (χ4n) is 2.59. The summed E-state index contributed by atoms with van der Waals surface area (Å²) in [6, 6.07) is 8.64. The van der Waals surface area contributed by atoms with Gasteiger partial charge < -0.3 is 11.1 Å². The molecule has 0 radical (unpaired) electrons. The van der Waals surface area contributed by atoms with Gasteiger partial charge in [-0.1, -0.05) is 12.5 Å². The van der Waals surface area contributed by atoms with Gasteiger partial charge in [0.05, 0.1) is 11.3 Å². The van der Waals surface area contributed by atoms with Crippen molar-refractivity contribution in [1.82, 2.24) is 0 Å². The highest BCUT2D eigenvalue weighted by molar-refractivity contribution is 5.59. The number of nitrogens with two attached hydrogens (primary N) is 1. The van der Waals surface area contributed by atoms with Crippen LogP contribution in [0, 0.1) is 24.2 Å². The monoisotopic (exact) mass is 229 g/mol. The Kier molecular flexibility index (Phi) is 3.65. The third-order valence-electron chi connectivity index (χ3n) is 3.60. The summed E-state index contributed by atoms with van der Waals surface area (Å²) in [5.41, 5.74) is 8.56. The molecule has 1 saturated carbocycles. The number of nitrogens with zero attached hydrogens (tertiary/aromatic N) is 1. The highest BCUT2D eigenvalue weighted by Crippen LogP contribution is 2.29.